The number of methoxy groups -OCH3 is 1. The minimum absolute atomic E-state index is 0.158. The molecule has 1 heterocycles. The maximum Gasteiger partial charge on any atom is 0.262 e. The van der Waals surface area contributed by atoms with Crippen LogP contribution < -0.4 is 10.3 Å². The summed E-state index contributed by atoms with van der Waals surface area (Å²) in [6, 6.07) is 6.79. The summed E-state index contributed by atoms with van der Waals surface area (Å²) in [6.07, 6.45) is 1.16. The molecule has 0 radical (unpaired) electrons. The molecule has 0 atom stereocenters. The van der Waals surface area contributed by atoms with Crippen molar-refractivity contribution in [3.8, 4) is 22.8 Å². The summed E-state index contributed by atoms with van der Waals surface area (Å²) in [5.41, 5.74) is 0.371. The number of aromatic nitrogens is 2. The lowest BCUT2D eigenvalue weighted by atomic mass is 10.1. The van der Waals surface area contributed by atoms with E-state index in [1.165, 1.54) is 0 Å². The summed E-state index contributed by atoms with van der Waals surface area (Å²) < 4.78 is 5.00. The van der Waals surface area contributed by atoms with Crippen molar-refractivity contribution in [2.45, 2.75) is 0 Å². The van der Waals surface area contributed by atoms with Crippen LogP contribution in [-0.4, -0.2) is 22.2 Å². The molecule has 16 heavy (non-hydrogen) atoms. The maximum absolute atomic E-state index is 11.5. The summed E-state index contributed by atoms with van der Waals surface area (Å²) in [5, 5.41) is 9.51. The first-order chi connectivity index (χ1) is 7.72. The Morgan fingerprint density at radius 3 is 2.56 bits per heavy atom. The van der Waals surface area contributed by atoms with E-state index in [1.54, 1.807) is 31.4 Å². The number of hydrogen-bond acceptors (Lipinski definition) is 4. The molecule has 0 aliphatic rings. The second-order valence-electron chi connectivity index (χ2n) is 3.16. The fraction of sp³-hybridized carbons (Fsp3) is 0.0909. The van der Waals surface area contributed by atoms with Gasteiger partial charge in [0.25, 0.3) is 5.56 Å². The van der Waals surface area contributed by atoms with Gasteiger partial charge in [-0.15, -0.1) is 0 Å². The van der Waals surface area contributed by atoms with Crippen LogP contribution in [0.2, 0.25) is 0 Å². The third-order valence-corrected chi connectivity index (χ3v) is 2.21. The van der Waals surface area contributed by atoms with Crippen molar-refractivity contribution in [2.75, 3.05) is 7.11 Å². The van der Waals surface area contributed by atoms with Crippen molar-refractivity contribution in [1.82, 2.24) is 9.97 Å². The average Bonchev–Trinajstić information content (AvgIpc) is 2.30. The monoisotopic (exact) mass is 218 g/mol. The molecule has 0 saturated heterocycles. The van der Waals surface area contributed by atoms with Crippen molar-refractivity contribution < 1.29 is 9.84 Å². The fourth-order valence-electron chi connectivity index (χ4n) is 1.41. The van der Waals surface area contributed by atoms with Crippen molar-refractivity contribution >= 4 is 0 Å². The minimum Gasteiger partial charge on any atom is -0.497 e. The van der Waals surface area contributed by atoms with Crippen molar-refractivity contribution in [1.29, 1.82) is 0 Å². The molecule has 2 aromatic rings. The lowest BCUT2D eigenvalue weighted by Crippen LogP contribution is -2.09. The van der Waals surface area contributed by atoms with Gasteiger partial charge in [0.15, 0.2) is 0 Å². The molecule has 1 aromatic carbocycles. The predicted molar refractivity (Wildman–Crippen MR) is 58.5 cm³/mol. The number of aromatic hydroxyl groups is 1. The molecule has 0 spiro atoms. The molecule has 5 heteroatoms. The molecule has 5 nitrogen and oxygen atoms in total. The number of ether oxygens (including phenoxy) is 1. The van der Waals surface area contributed by atoms with Gasteiger partial charge >= 0.3 is 0 Å². The molecular weight excluding hydrogens is 208 g/mol. The Labute approximate surface area is 91.4 Å². The summed E-state index contributed by atoms with van der Waals surface area (Å²) in [4.78, 5) is 17.5. The summed E-state index contributed by atoms with van der Waals surface area (Å²) >= 11 is 0. The van der Waals surface area contributed by atoms with Gasteiger partial charge in [0, 0.05) is 0 Å². The Morgan fingerprint density at radius 2 is 2.00 bits per heavy atom. The van der Waals surface area contributed by atoms with Crippen LogP contribution in [0.1, 0.15) is 0 Å². The molecule has 2 N–H and O–H groups in total. The standard InChI is InChI=1S/C11H10N2O3/c1-16-8-4-2-7(3-5-8)9-10(14)12-6-13-11(9)15/h2-6H,1H3,(H2,12,13,14,15). The third kappa shape index (κ3) is 1.75. The third-order valence-electron chi connectivity index (χ3n) is 2.21. The summed E-state index contributed by atoms with van der Waals surface area (Å²) in [5.74, 6) is 0.400. The van der Waals surface area contributed by atoms with Gasteiger partial charge in [-0.1, -0.05) is 12.1 Å². The molecule has 0 bridgehead atoms. The smallest absolute Gasteiger partial charge is 0.262 e. The lowest BCUT2D eigenvalue weighted by Gasteiger charge is -2.03. The van der Waals surface area contributed by atoms with Gasteiger partial charge in [0.05, 0.1) is 13.4 Å². The normalized spacial score (nSPS) is 10.1. The van der Waals surface area contributed by atoms with E-state index >= 15 is 0 Å². The van der Waals surface area contributed by atoms with Crippen LogP contribution in [0.15, 0.2) is 35.4 Å². The second kappa shape index (κ2) is 4.06. The molecule has 0 amide bonds. The molecular formula is C11H10N2O3. The predicted octanol–water partition coefficient (Wildman–Crippen LogP) is 1.15. The van der Waals surface area contributed by atoms with Crippen LogP contribution in [0.5, 0.6) is 11.6 Å². The number of nitrogens with zero attached hydrogens (tertiary/aromatic N) is 1. The van der Waals surface area contributed by atoms with Crippen molar-refractivity contribution in [3.05, 3.63) is 40.9 Å². The van der Waals surface area contributed by atoms with Gasteiger partial charge in [0.1, 0.15) is 11.3 Å². The van der Waals surface area contributed by atoms with E-state index in [0.717, 1.165) is 6.33 Å². The quantitative estimate of drug-likeness (QED) is 0.792. The first-order valence-electron chi connectivity index (χ1n) is 4.63. The topological polar surface area (TPSA) is 75.2 Å². The first kappa shape index (κ1) is 10.2. The van der Waals surface area contributed by atoms with Crippen LogP contribution in [0.4, 0.5) is 0 Å². The summed E-state index contributed by atoms with van der Waals surface area (Å²) in [6.45, 7) is 0. The van der Waals surface area contributed by atoms with Crippen LogP contribution >= 0.6 is 0 Å². The lowest BCUT2D eigenvalue weighted by molar-refractivity contribution is 0.415. The molecule has 0 fully saturated rings. The van der Waals surface area contributed by atoms with E-state index in [9.17, 15) is 9.90 Å². The van der Waals surface area contributed by atoms with Gasteiger partial charge in [-0.25, -0.2) is 4.98 Å². The van der Waals surface area contributed by atoms with E-state index in [0.29, 0.717) is 11.3 Å². The fourth-order valence-corrected chi connectivity index (χ4v) is 1.41. The van der Waals surface area contributed by atoms with Gasteiger partial charge < -0.3 is 14.8 Å². The molecule has 0 saturated carbocycles. The van der Waals surface area contributed by atoms with E-state index in [1.807, 2.05) is 0 Å². The summed E-state index contributed by atoms with van der Waals surface area (Å²) in [7, 11) is 1.56. The highest BCUT2D eigenvalue weighted by atomic mass is 16.5. The molecule has 1 aromatic heterocycles. The Bertz CT molecular complexity index is 546. The molecule has 2 rings (SSSR count). The van der Waals surface area contributed by atoms with E-state index < -0.39 is 0 Å². The number of H-pyrrole nitrogens is 1. The zero-order valence-electron chi connectivity index (χ0n) is 8.60. The van der Waals surface area contributed by atoms with Crippen molar-refractivity contribution in [2.24, 2.45) is 0 Å². The zero-order valence-corrected chi connectivity index (χ0v) is 8.60. The highest BCUT2D eigenvalue weighted by molar-refractivity contribution is 5.67. The van der Waals surface area contributed by atoms with E-state index in [2.05, 4.69) is 9.97 Å². The minimum atomic E-state index is -0.377. The number of benzene rings is 1. The Balaban J connectivity index is 2.55. The number of hydrogen-bond donors (Lipinski definition) is 2. The SMILES string of the molecule is COc1ccc(-c2c(O)nc[nH]c2=O)cc1. The van der Waals surface area contributed by atoms with Crippen molar-refractivity contribution in [3.63, 3.8) is 0 Å². The average molecular weight is 218 g/mol. The first-order valence-corrected chi connectivity index (χ1v) is 4.63. The van der Waals surface area contributed by atoms with E-state index in [4.69, 9.17) is 4.74 Å². The highest BCUT2D eigenvalue weighted by Gasteiger charge is 2.09. The second-order valence-corrected chi connectivity index (χ2v) is 3.16. The van der Waals surface area contributed by atoms with Gasteiger partial charge in [-0.3, -0.25) is 4.79 Å². The Morgan fingerprint density at radius 1 is 1.31 bits per heavy atom. The van der Waals surface area contributed by atoms with E-state index in [-0.39, 0.29) is 17.0 Å². The highest BCUT2D eigenvalue weighted by Crippen LogP contribution is 2.24. The molecule has 0 aliphatic heterocycles. The molecule has 0 aliphatic carbocycles. The van der Waals surface area contributed by atoms with Crippen LogP contribution in [0.3, 0.4) is 0 Å². The number of nitrogens with one attached hydrogen (secondary N) is 1. The van der Waals surface area contributed by atoms with Gasteiger partial charge in [-0.05, 0) is 17.7 Å². The largest absolute Gasteiger partial charge is 0.497 e. The number of aromatic amines is 1. The Kier molecular flexibility index (Phi) is 2.59. The van der Waals surface area contributed by atoms with Gasteiger partial charge in [-0.2, -0.15) is 0 Å². The Hall–Kier alpha value is -2.30. The van der Waals surface area contributed by atoms with Crippen LogP contribution in [-0.2, 0) is 0 Å². The van der Waals surface area contributed by atoms with Crippen LogP contribution in [0, 0.1) is 0 Å². The van der Waals surface area contributed by atoms with Gasteiger partial charge in [0.2, 0.25) is 5.88 Å². The van der Waals surface area contributed by atoms with Crippen LogP contribution in [0.25, 0.3) is 11.1 Å². The molecule has 82 valence electrons. The maximum atomic E-state index is 11.5. The zero-order chi connectivity index (χ0) is 11.5. The molecule has 0 unspecified atom stereocenters. The number of rotatable bonds is 2.